The summed E-state index contributed by atoms with van der Waals surface area (Å²) in [5, 5.41) is 4.12. The second-order valence-corrected chi connectivity index (χ2v) is 7.82. The quantitative estimate of drug-likeness (QED) is 0.659. The van der Waals surface area contributed by atoms with Gasteiger partial charge < -0.3 is 29.3 Å². The van der Waals surface area contributed by atoms with Gasteiger partial charge in [0.25, 0.3) is 0 Å². The molecule has 0 saturated carbocycles. The molecule has 0 aliphatic carbocycles. The molecule has 1 heterocycles. The molecule has 6 nitrogen and oxygen atoms in total. The lowest BCUT2D eigenvalue weighted by atomic mass is 10.1. The van der Waals surface area contributed by atoms with E-state index < -0.39 is 0 Å². The Morgan fingerprint density at radius 2 is 1.70 bits per heavy atom. The zero-order valence-corrected chi connectivity index (χ0v) is 19.1. The molecule has 1 saturated heterocycles. The van der Waals surface area contributed by atoms with Crippen LogP contribution in [0.5, 0.6) is 17.2 Å². The first kappa shape index (κ1) is 22.2. The van der Waals surface area contributed by atoms with Crippen LogP contribution in [-0.4, -0.2) is 57.0 Å². The van der Waals surface area contributed by atoms with Gasteiger partial charge in [0, 0.05) is 11.3 Å². The number of quaternary nitrogens is 1. The third-order valence-electron chi connectivity index (χ3n) is 5.46. The number of nitrogens with one attached hydrogen (secondary N) is 2. The molecule has 1 fully saturated rings. The highest BCUT2D eigenvalue weighted by molar-refractivity contribution is 7.80. The van der Waals surface area contributed by atoms with Gasteiger partial charge >= 0.3 is 0 Å². The van der Waals surface area contributed by atoms with Crippen molar-refractivity contribution < 1.29 is 19.1 Å². The molecule has 2 aromatic rings. The Morgan fingerprint density at radius 1 is 1.07 bits per heavy atom. The van der Waals surface area contributed by atoms with E-state index >= 15 is 0 Å². The Labute approximate surface area is 184 Å². The summed E-state index contributed by atoms with van der Waals surface area (Å²) in [6.45, 7) is 9.70. The molecule has 2 N–H and O–H groups in total. The number of anilines is 1. The Bertz CT molecular complexity index is 850. The van der Waals surface area contributed by atoms with Crippen molar-refractivity contribution >= 4 is 23.0 Å². The fourth-order valence-corrected chi connectivity index (χ4v) is 3.99. The van der Waals surface area contributed by atoms with E-state index in [0.717, 1.165) is 60.8 Å². The summed E-state index contributed by atoms with van der Waals surface area (Å²) in [6.07, 6.45) is 0. The van der Waals surface area contributed by atoms with Gasteiger partial charge in [-0.3, -0.25) is 0 Å². The van der Waals surface area contributed by atoms with Crippen LogP contribution < -0.4 is 24.4 Å². The van der Waals surface area contributed by atoms with Crippen LogP contribution >= 0.6 is 12.2 Å². The van der Waals surface area contributed by atoms with E-state index in [2.05, 4.69) is 29.3 Å². The second-order valence-electron chi connectivity index (χ2n) is 7.44. The van der Waals surface area contributed by atoms with Crippen LogP contribution in [0.2, 0.25) is 0 Å². The predicted octanol–water partition coefficient (Wildman–Crippen LogP) is 2.51. The molecule has 7 heteroatoms. The predicted molar refractivity (Wildman–Crippen MR) is 124 cm³/mol. The lowest BCUT2D eigenvalue weighted by Gasteiger charge is -2.34. The van der Waals surface area contributed by atoms with Crippen molar-refractivity contribution in [3.8, 4) is 17.2 Å². The van der Waals surface area contributed by atoms with Crippen molar-refractivity contribution in [3.63, 3.8) is 0 Å². The Balaban J connectivity index is 1.52. The van der Waals surface area contributed by atoms with E-state index in [1.807, 2.05) is 31.2 Å². The van der Waals surface area contributed by atoms with Gasteiger partial charge in [0.05, 0.1) is 47.0 Å². The Kier molecular flexibility index (Phi) is 7.76. The molecule has 1 aliphatic rings. The van der Waals surface area contributed by atoms with Crippen molar-refractivity contribution in [2.45, 2.75) is 20.4 Å². The molecule has 0 unspecified atom stereocenters. The van der Waals surface area contributed by atoms with Crippen LogP contribution in [0.4, 0.5) is 5.69 Å². The number of rotatable bonds is 7. The molecule has 0 amide bonds. The van der Waals surface area contributed by atoms with Crippen molar-refractivity contribution in [1.82, 2.24) is 4.90 Å². The van der Waals surface area contributed by atoms with Crippen LogP contribution in [0.25, 0.3) is 0 Å². The smallest absolute Gasteiger partial charge is 0.173 e. The van der Waals surface area contributed by atoms with Gasteiger partial charge in [-0.15, -0.1) is 0 Å². The molecule has 2 aromatic carbocycles. The van der Waals surface area contributed by atoms with Crippen molar-refractivity contribution in [2.75, 3.05) is 52.3 Å². The lowest BCUT2D eigenvalue weighted by Crippen LogP contribution is -3.13. The Morgan fingerprint density at radius 3 is 2.30 bits per heavy atom. The topological polar surface area (TPSA) is 47.4 Å². The van der Waals surface area contributed by atoms with Crippen LogP contribution in [0, 0.1) is 6.92 Å². The number of piperazine rings is 1. The minimum Gasteiger partial charge on any atom is -0.494 e. The summed E-state index contributed by atoms with van der Waals surface area (Å²) in [5.74, 6) is 2.44. The summed E-state index contributed by atoms with van der Waals surface area (Å²) >= 11 is 5.63. The molecule has 0 atom stereocenters. The highest BCUT2D eigenvalue weighted by Gasteiger charge is 2.23. The number of methoxy groups -OCH3 is 2. The zero-order valence-electron chi connectivity index (χ0n) is 18.3. The van der Waals surface area contributed by atoms with Crippen molar-refractivity contribution in [3.05, 3.63) is 47.5 Å². The largest absolute Gasteiger partial charge is 0.494 e. The van der Waals surface area contributed by atoms with E-state index in [1.54, 1.807) is 19.1 Å². The zero-order chi connectivity index (χ0) is 21.5. The number of aryl methyl sites for hydroxylation is 1. The number of thiocarbonyl (C=S) groups is 1. The number of nitrogens with zero attached hydrogens (tertiary/aromatic N) is 1. The average Bonchev–Trinajstić information content (AvgIpc) is 2.76. The van der Waals surface area contributed by atoms with E-state index in [0.29, 0.717) is 6.61 Å². The highest BCUT2D eigenvalue weighted by atomic mass is 32.1. The molecule has 0 bridgehead atoms. The molecule has 30 heavy (non-hydrogen) atoms. The van der Waals surface area contributed by atoms with Crippen LogP contribution in [-0.2, 0) is 6.54 Å². The summed E-state index contributed by atoms with van der Waals surface area (Å²) in [5.41, 5.74) is 3.51. The molecular formula is C23H32N3O3S+. The standard InChI is InChI=1S/C23H31N3O3S/c1-5-29-20-8-6-19(7-9-20)24-23(30)26-12-10-25(11-13-26)16-18-15-22(28-4)21(27-3)14-17(18)2/h6-9,14-15H,5,10-13,16H2,1-4H3,(H,24,30)/p+1. The van der Waals surface area contributed by atoms with Crippen molar-refractivity contribution in [1.29, 1.82) is 0 Å². The molecular weight excluding hydrogens is 398 g/mol. The van der Waals surface area contributed by atoms with E-state index in [1.165, 1.54) is 11.1 Å². The monoisotopic (exact) mass is 430 g/mol. The highest BCUT2D eigenvalue weighted by Crippen LogP contribution is 2.30. The van der Waals surface area contributed by atoms with Gasteiger partial charge in [-0.1, -0.05) is 0 Å². The van der Waals surface area contributed by atoms with Gasteiger partial charge in [0.15, 0.2) is 16.6 Å². The SMILES string of the molecule is CCOc1ccc(NC(=S)N2CC[NH+](Cc3cc(OC)c(OC)cc3C)CC2)cc1. The maximum Gasteiger partial charge on any atom is 0.173 e. The number of ether oxygens (including phenoxy) is 3. The van der Waals surface area contributed by atoms with E-state index in [9.17, 15) is 0 Å². The fourth-order valence-electron chi connectivity index (χ4n) is 3.69. The van der Waals surface area contributed by atoms with E-state index in [-0.39, 0.29) is 0 Å². The van der Waals surface area contributed by atoms with Gasteiger partial charge in [-0.25, -0.2) is 0 Å². The van der Waals surface area contributed by atoms with Crippen LogP contribution in [0.15, 0.2) is 36.4 Å². The third kappa shape index (κ3) is 5.55. The van der Waals surface area contributed by atoms with Gasteiger partial charge in [0.2, 0.25) is 0 Å². The number of hydrogen-bond donors (Lipinski definition) is 2. The fraction of sp³-hybridized carbons (Fsp3) is 0.435. The molecule has 0 spiro atoms. The second kappa shape index (κ2) is 10.5. The minimum atomic E-state index is 0.667. The van der Waals surface area contributed by atoms with Crippen LogP contribution in [0.3, 0.4) is 0 Å². The Hall–Kier alpha value is -2.51. The average molecular weight is 431 g/mol. The summed E-state index contributed by atoms with van der Waals surface area (Å²) in [6, 6.07) is 12.1. The molecule has 3 rings (SSSR count). The van der Waals surface area contributed by atoms with Gasteiger partial charge in [-0.2, -0.15) is 0 Å². The van der Waals surface area contributed by atoms with Crippen molar-refractivity contribution in [2.24, 2.45) is 0 Å². The first-order chi connectivity index (χ1) is 14.5. The summed E-state index contributed by atoms with van der Waals surface area (Å²) in [4.78, 5) is 3.79. The van der Waals surface area contributed by atoms with Crippen LogP contribution in [0.1, 0.15) is 18.1 Å². The maximum absolute atomic E-state index is 5.63. The summed E-state index contributed by atoms with van der Waals surface area (Å²) in [7, 11) is 3.35. The minimum absolute atomic E-state index is 0.667. The molecule has 1 aliphatic heterocycles. The first-order valence-electron chi connectivity index (χ1n) is 10.4. The maximum atomic E-state index is 5.63. The molecule has 0 aromatic heterocycles. The molecule has 162 valence electrons. The van der Waals surface area contributed by atoms with Gasteiger partial charge in [-0.05, 0) is 68.0 Å². The summed E-state index contributed by atoms with van der Waals surface area (Å²) < 4.78 is 16.4. The first-order valence-corrected chi connectivity index (χ1v) is 10.8. The molecule has 0 radical (unpaired) electrons. The van der Waals surface area contributed by atoms with E-state index in [4.69, 9.17) is 26.4 Å². The van der Waals surface area contributed by atoms with Gasteiger partial charge in [0.1, 0.15) is 12.3 Å². The number of hydrogen-bond acceptors (Lipinski definition) is 4. The number of benzene rings is 2. The normalized spacial score (nSPS) is 14.3. The third-order valence-corrected chi connectivity index (χ3v) is 5.82. The lowest BCUT2D eigenvalue weighted by molar-refractivity contribution is -0.917.